The minimum atomic E-state index is 0.171. The zero-order valence-electron chi connectivity index (χ0n) is 13.5. The highest BCUT2D eigenvalue weighted by atomic mass is 79.9. The summed E-state index contributed by atoms with van der Waals surface area (Å²) in [6.45, 7) is 9.57. The molecule has 2 unspecified atom stereocenters. The maximum Gasteiger partial charge on any atom is 0.0707 e. The van der Waals surface area contributed by atoms with Gasteiger partial charge in [-0.05, 0) is 73.6 Å². The topological polar surface area (TPSA) is 24.5 Å². The normalized spacial score (nSPS) is 23.1. The van der Waals surface area contributed by atoms with Crippen molar-refractivity contribution in [2.75, 3.05) is 20.1 Å². The van der Waals surface area contributed by atoms with E-state index >= 15 is 0 Å². The Morgan fingerprint density at radius 1 is 1.38 bits per heavy atom. The van der Waals surface area contributed by atoms with Crippen LogP contribution in [0.25, 0.3) is 0 Å². The predicted molar refractivity (Wildman–Crippen MR) is 94.0 cm³/mol. The number of likely N-dealkylation sites (N-methyl/N-ethyl adjacent to an activating group) is 1. The highest BCUT2D eigenvalue weighted by molar-refractivity contribution is 9.11. The van der Waals surface area contributed by atoms with Crippen LogP contribution in [0.2, 0.25) is 0 Å². The molecule has 1 aliphatic rings. The Balaban J connectivity index is 1.69. The van der Waals surface area contributed by atoms with Gasteiger partial charge in [-0.1, -0.05) is 0 Å². The van der Waals surface area contributed by atoms with Crippen molar-refractivity contribution in [2.24, 2.45) is 0 Å². The Hall–Kier alpha value is 0.0600. The molecule has 0 radical (unpaired) electrons. The standard InChI is InChI=1S/C16H27BrN2OS/c1-16(2,3)18-8-13-5-6-14(20-13)10-19(4)9-12-7-15(17)21-11-12/h7,11,13-14,18H,5-6,8-10H2,1-4H3. The summed E-state index contributed by atoms with van der Waals surface area (Å²) in [7, 11) is 2.18. The number of rotatable bonds is 6. The Morgan fingerprint density at radius 3 is 2.71 bits per heavy atom. The number of hydrogen-bond acceptors (Lipinski definition) is 4. The molecule has 0 aromatic carbocycles. The third-order valence-corrected chi connectivity index (χ3v) is 5.20. The van der Waals surface area contributed by atoms with Crippen LogP contribution >= 0.6 is 27.3 Å². The van der Waals surface area contributed by atoms with Crippen LogP contribution in [0.15, 0.2) is 15.2 Å². The largest absolute Gasteiger partial charge is 0.372 e. The fourth-order valence-corrected chi connectivity index (χ4v) is 3.84. The van der Waals surface area contributed by atoms with Crippen LogP contribution in [0.1, 0.15) is 39.2 Å². The smallest absolute Gasteiger partial charge is 0.0707 e. The van der Waals surface area contributed by atoms with Crippen molar-refractivity contribution >= 4 is 27.3 Å². The third-order valence-electron chi connectivity index (χ3n) is 3.65. The lowest BCUT2D eigenvalue weighted by molar-refractivity contribution is 0.0241. The van der Waals surface area contributed by atoms with Crippen LogP contribution < -0.4 is 5.32 Å². The molecule has 2 atom stereocenters. The minimum Gasteiger partial charge on any atom is -0.372 e. The van der Waals surface area contributed by atoms with Crippen molar-refractivity contribution in [1.82, 2.24) is 10.2 Å². The van der Waals surface area contributed by atoms with Crippen LogP contribution in [0.3, 0.4) is 0 Å². The lowest BCUT2D eigenvalue weighted by Crippen LogP contribution is -2.41. The summed E-state index contributed by atoms with van der Waals surface area (Å²) < 4.78 is 7.36. The van der Waals surface area contributed by atoms with Crippen LogP contribution in [0.4, 0.5) is 0 Å². The van der Waals surface area contributed by atoms with Crippen molar-refractivity contribution < 1.29 is 4.74 Å². The lowest BCUT2D eigenvalue weighted by atomic mass is 10.1. The third kappa shape index (κ3) is 6.37. The van der Waals surface area contributed by atoms with Gasteiger partial charge in [-0.25, -0.2) is 0 Å². The molecule has 1 saturated heterocycles. The molecule has 21 heavy (non-hydrogen) atoms. The van der Waals surface area contributed by atoms with Crippen LogP contribution in [0, 0.1) is 0 Å². The van der Waals surface area contributed by atoms with E-state index in [1.54, 1.807) is 11.3 Å². The molecule has 1 aromatic heterocycles. The molecule has 5 heteroatoms. The molecule has 2 heterocycles. The average molecular weight is 375 g/mol. The summed E-state index contributed by atoms with van der Waals surface area (Å²) in [5, 5.41) is 5.75. The molecule has 120 valence electrons. The van der Waals surface area contributed by atoms with Crippen molar-refractivity contribution in [1.29, 1.82) is 0 Å². The van der Waals surface area contributed by atoms with E-state index in [9.17, 15) is 0 Å². The maximum absolute atomic E-state index is 6.16. The summed E-state index contributed by atoms with van der Waals surface area (Å²) in [4.78, 5) is 2.36. The Kier molecular flexibility index (Phi) is 6.26. The van der Waals surface area contributed by atoms with Gasteiger partial charge in [-0.15, -0.1) is 11.3 Å². The molecule has 1 aromatic rings. The summed E-state index contributed by atoms with van der Waals surface area (Å²) in [6, 6.07) is 2.20. The van der Waals surface area contributed by atoms with E-state index in [1.807, 2.05) is 0 Å². The SMILES string of the molecule is CN(Cc1csc(Br)c1)CC1CCC(CNC(C)(C)C)O1. The number of nitrogens with zero attached hydrogens (tertiary/aromatic N) is 1. The molecule has 0 bridgehead atoms. The summed E-state index contributed by atoms with van der Waals surface area (Å²) in [5.41, 5.74) is 1.54. The van der Waals surface area contributed by atoms with Gasteiger partial charge in [0, 0.05) is 25.2 Å². The van der Waals surface area contributed by atoms with Gasteiger partial charge >= 0.3 is 0 Å². The predicted octanol–water partition coefficient (Wildman–Crippen LogP) is 3.88. The van der Waals surface area contributed by atoms with E-state index in [0.717, 1.165) is 19.6 Å². The first-order chi connectivity index (χ1) is 9.82. The molecule has 0 saturated carbocycles. The number of ether oxygens (including phenoxy) is 1. The zero-order valence-corrected chi connectivity index (χ0v) is 15.9. The maximum atomic E-state index is 6.16. The monoisotopic (exact) mass is 374 g/mol. The van der Waals surface area contributed by atoms with Gasteiger partial charge in [0.05, 0.1) is 16.0 Å². The van der Waals surface area contributed by atoms with Crippen molar-refractivity contribution in [3.63, 3.8) is 0 Å². The van der Waals surface area contributed by atoms with Gasteiger partial charge in [-0.3, -0.25) is 4.90 Å². The second-order valence-electron chi connectivity index (χ2n) is 7.04. The highest BCUT2D eigenvalue weighted by Crippen LogP contribution is 2.23. The molecule has 0 aliphatic carbocycles. The molecular formula is C16H27BrN2OS. The number of halogens is 1. The first kappa shape index (κ1) is 17.4. The van der Waals surface area contributed by atoms with Crippen LogP contribution in [-0.2, 0) is 11.3 Å². The van der Waals surface area contributed by atoms with Crippen molar-refractivity contribution in [2.45, 2.75) is 57.9 Å². The quantitative estimate of drug-likeness (QED) is 0.817. The second kappa shape index (κ2) is 7.55. The average Bonchev–Trinajstić information content (AvgIpc) is 2.95. The van der Waals surface area contributed by atoms with Gasteiger partial charge in [0.25, 0.3) is 0 Å². The van der Waals surface area contributed by atoms with E-state index in [2.05, 4.69) is 65.4 Å². The van der Waals surface area contributed by atoms with Crippen molar-refractivity contribution in [3.8, 4) is 0 Å². The Morgan fingerprint density at radius 2 is 2.10 bits per heavy atom. The molecule has 0 amide bonds. The van der Waals surface area contributed by atoms with Gasteiger partial charge in [0.2, 0.25) is 0 Å². The Labute approximate surface area is 141 Å². The molecule has 1 fully saturated rings. The Bertz CT molecular complexity index is 444. The van der Waals surface area contributed by atoms with E-state index in [1.165, 1.54) is 22.2 Å². The zero-order chi connectivity index (χ0) is 15.5. The second-order valence-corrected chi connectivity index (χ2v) is 9.33. The van der Waals surface area contributed by atoms with Gasteiger partial charge < -0.3 is 10.1 Å². The van der Waals surface area contributed by atoms with E-state index in [-0.39, 0.29) is 5.54 Å². The van der Waals surface area contributed by atoms with Crippen molar-refractivity contribution in [3.05, 3.63) is 20.8 Å². The molecule has 3 nitrogen and oxygen atoms in total. The lowest BCUT2D eigenvalue weighted by Gasteiger charge is -2.24. The fraction of sp³-hybridized carbons (Fsp3) is 0.750. The molecule has 0 spiro atoms. The van der Waals surface area contributed by atoms with E-state index < -0.39 is 0 Å². The van der Waals surface area contributed by atoms with Gasteiger partial charge in [0.15, 0.2) is 0 Å². The molecule has 2 rings (SSSR count). The highest BCUT2D eigenvalue weighted by Gasteiger charge is 2.27. The summed E-state index contributed by atoms with van der Waals surface area (Å²) >= 11 is 5.27. The van der Waals surface area contributed by atoms with Gasteiger partial charge in [0.1, 0.15) is 0 Å². The number of hydrogen-bond donors (Lipinski definition) is 1. The first-order valence-electron chi connectivity index (χ1n) is 7.64. The van der Waals surface area contributed by atoms with Crippen LogP contribution in [-0.4, -0.2) is 42.8 Å². The van der Waals surface area contributed by atoms with E-state index in [0.29, 0.717) is 12.2 Å². The molecule has 1 N–H and O–H groups in total. The molecular weight excluding hydrogens is 348 g/mol. The fourth-order valence-electron chi connectivity index (χ4n) is 2.64. The molecule has 1 aliphatic heterocycles. The summed E-state index contributed by atoms with van der Waals surface area (Å²) in [5.74, 6) is 0. The first-order valence-corrected chi connectivity index (χ1v) is 9.31. The van der Waals surface area contributed by atoms with E-state index in [4.69, 9.17) is 4.74 Å². The van der Waals surface area contributed by atoms with Gasteiger partial charge in [-0.2, -0.15) is 0 Å². The number of thiophene rings is 1. The minimum absolute atomic E-state index is 0.171. The van der Waals surface area contributed by atoms with Crippen LogP contribution in [0.5, 0.6) is 0 Å². The summed E-state index contributed by atoms with van der Waals surface area (Å²) in [6.07, 6.45) is 3.10. The number of nitrogens with one attached hydrogen (secondary N) is 1.